The molecule has 0 radical (unpaired) electrons. The Hall–Kier alpha value is -1.44. The summed E-state index contributed by atoms with van der Waals surface area (Å²) in [6.07, 6.45) is 10.7. The maximum absolute atomic E-state index is 13.3. The normalized spacial score (nSPS) is 32.9. The molecule has 1 aliphatic carbocycles. The highest BCUT2D eigenvalue weighted by Gasteiger charge is 2.35. The van der Waals surface area contributed by atoms with Gasteiger partial charge in [-0.3, -0.25) is 14.5 Å². The molecule has 0 aromatic carbocycles. The van der Waals surface area contributed by atoms with Gasteiger partial charge in [0.25, 0.3) is 0 Å². The summed E-state index contributed by atoms with van der Waals surface area (Å²) >= 11 is 0. The van der Waals surface area contributed by atoms with E-state index in [0.29, 0.717) is 42.2 Å². The summed E-state index contributed by atoms with van der Waals surface area (Å²) in [5.41, 5.74) is 1.34. The Kier molecular flexibility index (Phi) is 9.65. The number of nitrogens with one attached hydrogen (secondary N) is 2. The van der Waals surface area contributed by atoms with Gasteiger partial charge < -0.3 is 20.9 Å². The maximum Gasteiger partial charge on any atom is 0.224 e. The van der Waals surface area contributed by atoms with E-state index in [4.69, 9.17) is 0 Å². The van der Waals surface area contributed by atoms with Gasteiger partial charge in [-0.25, -0.2) is 0 Å². The molecule has 2 amide bonds. The molecule has 0 saturated carbocycles. The van der Waals surface area contributed by atoms with Crippen molar-refractivity contribution < 1.29 is 14.9 Å². The quantitative estimate of drug-likeness (QED) is 0.475. The van der Waals surface area contributed by atoms with Crippen molar-refractivity contribution in [3.8, 4) is 0 Å². The number of carbonyl (C=O) groups is 2. The number of nitrogens with zero attached hydrogens (tertiary/aromatic N) is 2. The fourth-order valence-electron chi connectivity index (χ4n) is 6.85. The second-order valence-corrected chi connectivity index (χ2v) is 11.9. The van der Waals surface area contributed by atoms with Gasteiger partial charge in [0.15, 0.2) is 0 Å². The van der Waals surface area contributed by atoms with E-state index in [1.54, 1.807) is 0 Å². The minimum atomic E-state index is 0.108. The van der Waals surface area contributed by atoms with Crippen molar-refractivity contribution in [2.24, 2.45) is 29.6 Å². The highest BCUT2D eigenvalue weighted by atomic mass is 16.2. The number of piperidine rings is 2. The van der Waals surface area contributed by atoms with E-state index in [-0.39, 0.29) is 11.8 Å². The summed E-state index contributed by atoms with van der Waals surface area (Å²) in [6, 6.07) is 0. The number of amides is 2. The number of piperazine rings is 1. The van der Waals surface area contributed by atoms with Crippen LogP contribution in [0.5, 0.6) is 0 Å². The van der Waals surface area contributed by atoms with Gasteiger partial charge in [0.2, 0.25) is 11.8 Å². The molecule has 198 valence electrons. The fraction of sp³-hybridized carbons (Fsp3) is 0.857. The molecule has 7 heteroatoms. The van der Waals surface area contributed by atoms with E-state index in [1.165, 1.54) is 31.4 Å². The number of nitrogens with two attached hydrogens (primary N) is 1. The first-order chi connectivity index (χ1) is 16.9. The van der Waals surface area contributed by atoms with Gasteiger partial charge in [0, 0.05) is 52.1 Å². The average Bonchev–Trinajstić information content (AvgIpc) is 2.89. The van der Waals surface area contributed by atoms with E-state index >= 15 is 0 Å². The van der Waals surface area contributed by atoms with Gasteiger partial charge in [-0.2, -0.15) is 0 Å². The molecule has 0 spiro atoms. The van der Waals surface area contributed by atoms with Gasteiger partial charge in [0.1, 0.15) is 6.17 Å². The summed E-state index contributed by atoms with van der Waals surface area (Å²) in [5, 5.41) is 9.10. The predicted molar refractivity (Wildman–Crippen MR) is 139 cm³/mol. The zero-order valence-electron chi connectivity index (χ0n) is 22.4. The molecule has 4 rings (SSSR count). The molecule has 3 fully saturated rings. The number of carbonyl (C=O) groups excluding carboxylic acids is 2. The van der Waals surface area contributed by atoms with E-state index in [9.17, 15) is 9.59 Å². The van der Waals surface area contributed by atoms with Crippen LogP contribution >= 0.6 is 0 Å². The highest BCUT2D eigenvalue weighted by Crippen LogP contribution is 2.39. The van der Waals surface area contributed by atoms with Crippen LogP contribution in [0, 0.1) is 29.6 Å². The first-order valence-corrected chi connectivity index (χ1v) is 14.4. The highest BCUT2D eigenvalue weighted by molar-refractivity contribution is 5.79. The largest absolute Gasteiger partial charge is 0.355 e. The first kappa shape index (κ1) is 26.6. The van der Waals surface area contributed by atoms with Gasteiger partial charge in [-0.15, -0.1) is 0 Å². The molecule has 0 bridgehead atoms. The average molecular weight is 489 g/mol. The third-order valence-corrected chi connectivity index (χ3v) is 9.21. The molecular weight excluding hydrogens is 438 g/mol. The Morgan fingerprint density at radius 1 is 1.14 bits per heavy atom. The molecule has 7 nitrogen and oxygen atoms in total. The lowest BCUT2D eigenvalue weighted by molar-refractivity contribution is -0.717. The van der Waals surface area contributed by atoms with Crippen LogP contribution in [0.15, 0.2) is 11.6 Å². The van der Waals surface area contributed by atoms with Gasteiger partial charge in [-0.05, 0) is 69.2 Å². The minimum Gasteiger partial charge on any atom is -0.355 e. The Bertz CT molecular complexity index is 734. The summed E-state index contributed by atoms with van der Waals surface area (Å²) < 4.78 is 0. The fourth-order valence-corrected chi connectivity index (χ4v) is 6.85. The summed E-state index contributed by atoms with van der Waals surface area (Å²) in [6.45, 7) is 14.3. The Balaban J connectivity index is 1.28. The zero-order valence-corrected chi connectivity index (χ0v) is 22.4. The SMILES string of the molecule is CC1=C[C@@H](CNC(=O)C2CCCNC2)[C@H](C(C)C)C[C@H]1CC(=O)N1CCN(C2CCCC[NH2+]2)CC1. The van der Waals surface area contributed by atoms with E-state index in [0.717, 1.165) is 65.1 Å². The Morgan fingerprint density at radius 3 is 2.60 bits per heavy atom. The van der Waals surface area contributed by atoms with Gasteiger partial charge in [0.05, 0.1) is 12.5 Å². The van der Waals surface area contributed by atoms with Crippen LogP contribution < -0.4 is 16.0 Å². The molecule has 5 atom stereocenters. The van der Waals surface area contributed by atoms with Crippen LogP contribution in [0.1, 0.15) is 65.7 Å². The number of allylic oxidation sites excluding steroid dienone is 1. The van der Waals surface area contributed by atoms with Crippen LogP contribution in [0.3, 0.4) is 0 Å². The van der Waals surface area contributed by atoms with Crippen molar-refractivity contribution in [1.29, 1.82) is 0 Å². The predicted octanol–water partition coefficient (Wildman–Crippen LogP) is 1.56. The van der Waals surface area contributed by atoms with Crippen molar-refractivity contribution in [1.82, 2.24) is 20.4 Å². The summed E-state index contributed by atoms with van der Waals surface area (Å²) in [5.74, 6) is 2.36. The molecule has 3 saturated heterocycles. The van der Waals surface area contributed by atoms with E-state index in [1.807, 2.05) is 0 Å². The van der Waals surface area contributed by atoms with Gasteiger partial charge in [-0.1, -0.05) is 25.5 Å². The first-order valence-electron chi connectivity index (χ1n) is 14.4. The van der Waals surface area contributed by atoms with E-state index in [2.05, 4.69) is 52.6 Å². The third kappa shape index (κ3) is 7.07. The topological polar surface area (TPSA) is 81.3 Å². The Morgan fingerprint density at radius 2 is 1.94 bits per heavy atom. The van der Waals surface area contributed by atoms with Crippen LogP contribution in [0.2, 0.25) is 0 Å². The molecule has 35 heavy (non-hydrogen) atoms. The lowest BCUT2D eigenvalue weighted by atomic mass is 9.69. The molecule has 0 aromatic rings. The second-order valence-electron chi connectivity index (χ2n) is 11.9. The minimum absolute atomic E-state index is 0.108. The van der Waals surface area contributed by atoms with Crippen molar-refractivity contribution >= 4 is 11.8 Å². The van der Waals surface area contributed by atoms with Crippen LogP contribution in [-0.4, -0.2) is 80.1 Å². The van der Waals surface area contributed by atoms with Crippen molar-refractivity contribution in [3.05, 3.63) is 11.6 Å². The number of rotatable bonds is 7. The number of hydrogen-bond acceptors (Lipinski definition) is 4. The van der Waals surface area contributed by atoms with Crippen molar-refractivity contribution in [3.63, 3.8) is 0 Å². The second kappa shape index (κ2) is 12.7. The summed E-state index contributed by atoms with van der Waals surface area (Å²) in [7, 11) is 0. The molecule has 3 heterocycles. The van der Waals surface area contributed by atoms with Crippen LogP contribution in [0.4, 0.5) is 0 Å². The lowest BCUT2D eigenvalue weighted by Crippen LogP contribution is -2.95. The molecule has 2 unspecified atom stereocenters. The number of quaternary nitrogens is 1. The zero-order chi connectivity index (χ0) is 24.8. The molecule has 4 N–H and O–H groups in total. The summed E-state index contributed by atoms with van der Waals surface area (Å²) in [4.78, 5) is 30.6. The maximum atomic E-state index is 13.3. The molecule has 4 aliphatic rings. The van der Waals surface area contributed by atoms with Crippen LogP contribution in [0.25, 0.3) is 0 Å². The molecular formula is C28H50N5O2+. The van der Waals surface area contributed by atoms with Gasteiger partial charge >= 0.3 is 0 Å². The number of hydrogen-bond donors (Lipinski definition) is 3. The van der Waals surface area contributed by atoms with Crippen LogP contribution in [-0.2, 0) is 9.59 Å². The van der Waals surface area contributed by atoms with Crippen molar-refractivity contribution in [2.75, 3.05) is 52.4 Å². The Labute approximate surface area is 212 Å². The van der Waals surface area contributed by atoms with E-state index < -0.39 is 0 Å². The lowest BCUT2D eigenvalue weighted by Gasteiger charge is -2.40. The standard InChI is InChI=1S/C28H49N5O2/c1-20(2)25-16-23(21(3)15-24(25)19-31-28(35)22-7-6-9-29-18-22)17-27(34)33-13-11-32(12-14-33)26-8-4-5-10-30-26/h15,20,22-26,29-30H,4-14,16-19H2,1-3H3,(H,31,35)/p+1/t22?,23-,24-,25-,26?/m0/s1. The molecule has 3 aliphatic heterocycles. The monoisotopic (exact) mass is 488 g/mol. The third-order valence-electron chi connectivity index (χ3n) is 9.21. The molecule has 0 aromatic heterocycles. The smallest absolute Gasteiger partial charge is 0.224 e. The van der Waals surface area contributed by atoms with Crippen molar-refractivity contribution in [2.45, 2.75) is 71.9 Å².